The summed E-state index contributed by atoms with van der Waals surface area (Å²) in [7, 11) is 0. The third kappa shape index (κ3) is 14.9. The van der Waals surface area contributed by atoms with Crippen LogP contribution in [0.1, 0.15) is 96.8 Å². The van der Waals surface area contributed by atoms with Crippen molar-refractivity contribution in [3.63, 3.8) is 0 Å². The molecule has 0 aliphatic carbocycles. The molecular weight excluding hydrogens is 368 g/mol. The predicted molar refractivity (Wildman–Crippen MR) is 123 cm³/mol. The minimum absolute atomic E-state index is 0.0207. The van der Waals surface area contributed by atoms with Crippen LogP contribution in [0, 0.1) is 0 Å². The highest BCUT2D eigenvalue weighted by atomic mass is 35.5. The van der Waals surface area contributed by atoms with E-state index in [4.69, 9.17) is 11.6 Å². The number of carbonyl (C=O) groups is 1. The van der Waals surface area contributed by atoms with Gasteiger partial charge in [-0.3, -0.25) is 4.79 Å². The van der Waals surface area contributed by atoms with Gasteiger partial charge in [0.1, 0.15) is 0 Å². The molecule has 0 aromatic heterocycles. The molecule has 0 atom stereocenters. The Hall–Kier alpha value is -1.06. The fraction of sp³-hybridized carbons (Fsp3) is 0.708. The highest BCUT2D eigenvalue weighted by Crippen LogP contribution is 2.15. The van der Waals surface area contributed by atoms with Crippen molar-refractivity contribution in [1.82, 2.24) is 5.32 Å². The van der Waals surface area contributed by atoms with E-state index in [-0.39, 0.29) is 5.91 Å². The zero-order valence-corrected chi connectivity index (χ0v) is 18.7. The summed E-state index contributed by atoms with van der Waals surface area (Å²) in [5.41, 5.74) is 0.746. The Labute approximate surface area is 178 Å². The van der Waals surface area contributed by atoms with Crippen molar-refractivity contribution in [2.24, 2.45) is 0 Å². The molecule has 0 saturated heterocycles. The van der Waals surface area contributed by atoms with Gasteiger partial charge in [0.05, 0.1) is 6.54 Å². The molecule has 0 spiro atoms. The number of nitrogens with one attached hydrogen (secondary N) is 2. The van der Waals surface area contributed by atoms with E-state index in [1.54, 1.807) is 12.1 Å². The summed E-state index contributed by atoms with van der Waals surface area (Å²) in [6.07, 6.45) is 19.2. The van der Waals surface area contributed by atoms with E-state index in [0.717, 1.165) is 18.7 Å². The second-order valence-corrected chi connectivity index (χ2v) is 8.27. The van der Waals surface area contributed by atoms with E-state index in [1.807, 2.05) is 12.1 Å². The monoisotopic (exact) mass is 408 g/mol. The number of hydrogen-bond donors (Lipinski definition) is 2. The second kappa shape index (κ2) is 18.0. The first-order chi connectivity index (χ1) is 13.7. The van der Waals surface area contributed by atoms with Crippen LogP contribution < -0.4 is 10.6 Å². The minimum atomic E-state index is -0.0207. The van der Waals surface area contributed by atoms with Crippen LogP contribution in [0.2, 0.25) is 5.02 Å². The van der Waals surface area contributed by atoms with E-state index in [9.17, 15) is 4.79 Å². The van der Waals surface area contributed by atoms with Crippen molar-refractivity contribution in [2.45, 2.75) is 96.8 Å². The molecule has 4 heteroatoms. The van der Waals surface area contributed by atoms with Gasteiger partial charge in [0.15, 0.2) is 0 Å². The summed E-state index contributed by atoms with van der Waals surface area (Å²) in [6, 6.07) is 7.23. The number of anilines is 1. The number of unbranched alkanes of at least 4 members (excludes halogenated alkanes) is 13. The molecule has 1 rings (SSSR count). The zero-order valence-electron chi connectivity index (χ0n) is 17.9. The minimum Gasteiger partial charge on any atom is -0.325 e. The topological polar surface area (TPSA) is 41.1 Å². The molecule has 0 aliphatic rings. The maximum atomic E-state index is 11.9. The summed E-state index contributed by atoms with van der Waals surface area (Å²) in [5, 5.41) is 6.70. The molecule has 0 bridgehead atoms. The van der Waals surface area contributed by atoms with Crippen LogP contribution in [-0.2, 0) is 4.79 Å². The fourth-order valence-corrected chi connectivity index (χ4v) is 3.61. The van der Waals surface area contributed by atoms with Crippen LogP contribution >= 0.6 is 11.6 Å². The molecule has 0 fully saturated rings. The molecule has 0 saturated carbocycles. The molecule has 1 aromatic carbocycles. The molecule has 3 nitrogen and oxygen atoms in total. The normalized spacial score (nSPS) is 10.9. The highest BCUT2D eigenvalue weighted by molar-refractivity contribution is 6.30. The standard InChI is InChI=1S/C24H41ClN2O/c1-2-3-4-5-6-7-8-9-10-11-12-13-14-15-19-26-21-24(28)27-23-18-16-17-22(25)20-23/h16-18,20,26H,2-15,19,21H2,1H3,(H,27,28). The van der Waals surface area contributed by atoms with Gasteiger partial charge >= 0.3 is 0 Å². The lowest BCUT2D eigenvalue weighted by molar-refractivity contribution is -0.115. The Morgan fingerprint density at radius 3 is 1.89 bits per heavy atom. The van der Waals surface area contributed by atoms with E-state index < -0.39 is 0 Å². The molecular formula is C24H41ClN2O. The van der Waals surface area contributed by atoms with Gasteiger partial charge in [0, 0.05) is 10.7 Å². The lowest BCUT2D eigenvalue weighted by atomic mass is 10.0. The molecule has 0 unspecified atom stereocenters. The third-order valence-electron chi connectivity index (χ3n) is 5.10. The predicted octanol–water partition coefficient (Wildman–Crippen LogP) is 7.35. The van der Waals surface area contributed by atoms with Crippen LogP contribution in [0.3, 0.4) is 0 Å². The second-order valence-electron chi connectivity index (χ2n) is 7.83. The van der Waals surface area contributed by atoms with Crippen molar-refractivity contribution in [3.8, 4) is 0 Å². The molecule has 0 aliphatic heterocycles. The first-order valence-electron chi connectivity index (χ1n) is 11.5. The number of carbonyl (C=O) groups excluding carboxylic acids is 1. The number of hydrogen-bond acceptors (Lipinski definition) is 2. The van der Waals surface area contributed by atoms with Crippen LogP contribution in [0.15, 0.2) is 24.3 Å². The lowest BCUT2D eigenvalue weighted by Crippen LogP contribution is -2.28. The number of rotatable bonds is 18. The van der Waals surface area contributed by atoms with Gasteiger partial charge in [-0.2, -0.15) is 0 Å². The van der Waals surface area contributed by atoms with Gasteiger partial charge in [-0.15, -0.1) is 0 Å². The summed E-state index contributed by atoms with van der Waals surface area (Å²) in [5.74, 6) is -0.0207. The molecule has 1 amide bonds. The molecule has 28 heavy (non-hydrogen) atoms. The Bertz CT molecular complexity index is 507. The molecule has 2 N–H and O–H groups in total. The summed E-state index contributed by atoms with van der Waals surface area (Å²) < 4.78 is 0. The van der Waals surface area contributed by atoms with E-state index in [0.29, 0.717) is 11.6 Å². The maximum absolute atomic E-state index is 11.9. The first kappa shape index (κ1) is 25.0. The quantitative estimate of drug-likeness (QED) is 0.249. The van der Waals surface area contributed by atoms with Crippen molar-refractivity contribution in [2.75, 3.05) is 18.4 Å². The Morgan fingerprint density at radius 2 is 1.36 bits per heavy atom. The molecule has 1 aromatic rings. The Kier molecular flexibility index (Phi) is 16.1. The largest absolute Gasteiger partial charge is 0.325 e. The van der Waals surface area contributed by atoms with Crippen molar-refractivity contribution < 1.29 is 4.79 Å². The van der Waals surface area contributed by atoms with E-state index in [1.165, 1.54) is 83.5 Å². The SMILES string of the molecule is CCCCCCCCCCCCCCCCNCC(=O)Nc1cccc(Cl)c1. The molecule has 0 heterocycles. The average molecular weight is 409 g/mol. The van der Waals surface area contributed by atoms with Crippen LogP contribution in [0.25, 0.3) is 0 Å². The lowest BCUT2D eigenvalue weighted by Gasteiger charge is -2.07. The van der Waals surface area contributed by atoms with E-state index in [2.05, 4.69) is 17.6 Å². The average Bonchev–Trinajstić information content (AvgIpc) is 2.67. The van der Waals surface area contributed by atoms with Gasteiger partial charge in [0.2, 0.25) is 5.91 Å². The van der Waals surface area contributed by atoms with Gasteiger partial charge in [-0.25, -0.2) is 0 Å². The van der Waals surface area contributed by atoms with Crippen molar-refractivity contribution in [3.05, 3.63) is 29.3 Å². The van der Waals surface area contributed by atoms with Crippen molar-refractivity contribution in [1.29, 1.82) is 0 Å². The van der Waals surface area contributed by atoms with Gasteiger partial charge in [-0.05, 0) is 31.2 Å². The van der Waals surface area contributed by atoms with Gasteiger partial charge in [-0.1, -0.05) is 108 Å². The first-order valence-corrected chi connectivity index (χ1v) is 11.9. The zero-order chi connectivity index (χ0) is 20.3. The Balaban J connectivity index is 1.80. The smallest absolute Gasteiger partial charge is 0.238 e. The third-order valence-corrected chi connectivity index (χ3v) is 5.34. The summed E-state index contributed by atoms with van der Waals surface area (Å²) in [6.45, 7) is 3.53. The van der Waals surface area contributed by atoms with Crippen LogP contribution in [-0.4, -0.2) is 19.0 Å². The maximum Gasteiger partial charge on any atom is 0.238 e. The number of amides is 1. The van der Waals surface area contributed by atoms with E-state index >= 15 is 0 Å². The van der Waals surface area contributed by atoms with Gasteiger partial charge < -0.3 is 10.6 Å². The van der Waals surface area contributed by atoms with Crippen LogP contribution in [0.5, 0.6) is 0 Å². The molecule has 0 radical (unpaired) electrons. The number of benzene rings is 1. The summed E-state index contributed by atoms with van der Waals surface area (Å²) >= 11 is 5.91. The Morgan fingerprint density at radius 1 is 0.821 bits per heavy atom. The van der Waals surface area contributed by atoms with Gasteiger partial charge in [0.25, 0.3) is 0 Å². The van der Waals surface area contributed by atoms with Crippen LogP contribution in [0.4, 0.5) is 5.69 Å². The number of halogens is 1. The van der Waals surface area contributed by atoms with Crippen molar-refractivity contribution >= 4 is 23.2 Å². The summed E-state index contributed by atoms with van der Waals surface area (Å²) in [4.78, 5) is 11.9. The highest BCUT2D eigenvalue weighted by Gasteiger charge is 2.02. The molecule has 160 valence electrons. The fourth-order valence-electron chi connectivity index (χ4n) is 3.42.